The number of hydrogen-bond acceptors (Lipinski definition) is 6. The molecule has 148 valence electrons. The van der Waals surface area contributed by atoms with Gasteiger partial charge in [-0.05, 0) is 42.7 Å². The molecule has 27 heavy (non-hydrogen) atoms. The Morgan fingerprint density at radius 2 is 1.81 bits per heavy atom. The first kappa shape index (κ1) is 22.8. The number of likely N-dealkylation sites (N-methyl/N-ethyl adjacent to an activating group) is 1. The third-order valence-corrected chi connectivity index (χ3v) is 4.27. The number of thioether (sulfide) groups is 1. The van der Waals surface area contributed by atoms with E-state index in [4.69, 9.17) is 16.3 Å². The predicted molar refractivity (Wildman–Crippen MR) is 104 cm³/mol. The first-order valence-corrected chi connectivity index (χ1v) is 9.83. The van der Waals surface area contributed by atoms with Crippen LogP contribution in [-0.4, -0.2) is 61.9 Å². The molecule has 3 amide bonds. The molecule has 1 aromatic carbocycles. The molecule has 0 aromatic heterocycles. The molecule has 0 fully saturated rings. The Balaban J connectivity index is 2.59. The number of amides is 3. The van der Waals surface area contributed by atoms with E-state index in [-0.39, 0.29) is 12.5 Å². The van der Waals surface area contributed by atoms with Crippen LogP contribution in [0.25, 0.3) is 0 Å². The number of carbonyl (C=O) groups excluding carboxylic acids is 4. The van der Waals surface area contributed by atoms with E-state index in [2.05, 4.69) is 16.0 Å². The number of benzene rings is 1. The molecule has 0 heterocycles. The minimum Gasteiger partial charge on any atom is -0.454 e. The average Bonchev–Trinajstić information content (AvgIpc) is 2.67. The zero-order valence-corrected chi connectivity index (χ0v) is 16.6. The van der Waals surface area contributed by atoms with E-state index in [1.807, 2.05) is 6.26 Å². The van der Waals surface area contributed by atoms with E-state index in [1.54, 1.807) is 24.3 Å². The molecule has 1 rings (SSSR count). The summed E-state index contributed by atoms with van der Waals surface area (Å²) in [5.74, 6) is -1.54. The Labute approximate surface area is 166 Å². The molecular weight excluding hydrogens is 394 g/mol. The highest BCUT2D eigenvalue weighted by Crippen LogP contribution is 2.10. The van der Waals surface area contributed by atoms with Crippen molar-refractivity contribution < 1.29 is 23.9 Å². The number of nitrogens with one attached hydrogen (secondary N) is 3. The number of rotatable bonds is 10. The van der Waals surface area contributed by atoms with Gasteiger partial charge in [-0.1, -0.05) is 11.6 Å². The molecule has 0 bridgehead atoms. The first-order chi connectivity index (χ1) is 12.9. The standard InChI is InChI=1S/C17H22ClN3O5S/c1-19-14(22)9-20-15(23)10-26-17(25)13(7-8-27-2)21-16(24)11-3-5-12(18)6-4-11/h3-6,13H,7-10H2,1-2H3,(H,19,22)(H,20,23)(H,21,24)/t13-/m1/s1. The normalized spacial score (nSPS) is 11.2. The monoisotopic (exact) mass is 415 g/mol. The summed E-state index contributed by atoms with van der Waals surface area (Å²) in [5.41, 5.74) is 0.352. The fourth-order valence-electron chi connectivity index (χ4n) is 1.88. The van der Waals surface area contributed by atoms with Gasteiger partial charge in [-0.2, -0.15) is 11.8 Å². The highest BCUT2D eigenvalue weighted by atomic mass is 35.5. The predicted octanol–water partition coefficient (Wildman–Crippen LogP) is 0.597. The SMILES string of the molecule is CNC(=O)CNC(=O)COC(=O)[C@@H](CCSC)NC(=O)c1ccc(Cl)cc1. The number of esters is 1. The van der Waals surface area contributed by atoms with Crippen molar-refractivity contribution in [2.75, 3.05) is 32.2 Å². The zero-order chi connectivity index (χ0) is 20.2. The van der Waals surface area contributed by atoms with E-state index < -0.39 is 30.4 Å². The molecule has 3 N–H and O–H groups in total. The summed E-state index contributed by atoms with van der Waals surface area (Å²) in [5, 5.41) is 7.76. The van der Waals surface area contributed by atoms with Crippen molar-refractivity contribution in [2.45, 2.75) is 12.5 Å². The molecule has 0 radical (unpaired) electrons. The lowest BCUT2D eigenvalue weighted by molar-refractivity contribution is -0.150. The molecule has 8 nitrogen and oxygen atoms in total. The summed E-state index contributed by atoms with van der Waals surface area (Å²) < 4.78 is 4.96. The molecule has 0 aliphatic rings. The molecule has 10 heteroatoms. The zero-order valence-electron chi connectivity index (χ0n) is 15.0. The third-order valence-electron chi connectivity index (χ3n) is 3.38. The minimum absolute atomic E-state index is 0.212. The van der Waals surface area contributed by atoms with Gasteiger partial charge in [0, 0.05) is 17.6 Å². The molecule has 1 atom stereocenters. The Hall–Kier alpha value is -2.26. The topological polar surface area (TPSA) is 114 Å². The molecule has 0 aliphatic carbocycles. The molecule has 1 aromatic rings. The second-order valence-corrected chi connectivity index (χ2v) is 6.79. The second-order valence-electron chi connectivity index (χ2n) is 5.37. The maximum atomic E-state index is 12.3. The van der Waals surface area contributed by atoms with Gasteiger partial charge in [0.2, 0.25) is 5.91 Å². The Kier molecular flexibility index (Phi) is 10.3. The van der Waals surface area contributed by atoms with Crippen LogP contribution in [0.1, 0.15) is 16.8 Å². The highest BCUT2D eigenvalue weighted by Gasteiger charge is 2.23. The highest BCUT2D eigenvalue weighted by molar-refractivity contribution is 7.98. The van der Waals surface area contributed by atoms with Crippen molar-refractivity contribution in [1.82, 2.24) is 16.0 Å². The van der Waals surface area contributed by atoms with Crippen LogP contribution < -0.4 is 16.0 Å². The number of hydrogen-bond donors (Lipinski definition) is 3. The lowest BCUT2D eigenvalue weighted by atomic mass is 10.1. The number of ether oxygens (including phenoxy) is 1. The Morgan fingerprint density at radius 3 is 2.41 bits per heavy atom. The quantitative estimate of drug-likeness (QED) is 0.482. The molecule has 0 spiro atoms. The lowest BCUT2D eigenvalue weighted by Gasteiger charge is -2.17. The van der Waals surface area contributed by atoms with E-state index >= 15 is 0 Å². The van der Waals surface area contributed by atoms with Gasteiger partial charge >= 0.3 is 5.97 Å². The van der Waals surface area contributed by atoms with Gasteiger partial charge in [-0.25, -0.2) is 4.79 Å². The largest absolute Gasteiger partial charge is 0.454 e. The maximum Gasteiger partial charge on any atom is 0.329 e. The van der Waals surface area contributed by atoms with Crippen LogP contribution in [0.3, 0.4) is 0 Å². The van der Waals surface area contributed by atoms with Gasteiger partial charge in [0.05, 0.1) is 6.54 Å². The summed E-state index contributed by atoms with van der Waals surface area (Å²) in [6, 6.07) is 5.33. The van der Waals surface area contributed by atoms with Crippen LogP contribution in [-0.2, 0) is 19.1 Å². The van der Waals surface area contributed by atoms with Gasteiger partial charge in [0.15, 0.2) is 6.61 Å². The van der Waals surface area contributed by atoms with E-state index in [1.165, 1.54) is 18.8 Å². The summed E-state index contributed by atoms with van der Waals surface area (Å²) in [6.45, 7) is -0.751. The van der Waals surface area contributed by atoms with Crippen molar-refractivity contribution in [3.8, 4) is 0 Å². The van der Waals surface area contributed by atoms with Gasteiger partial charge in [-0.15, -0.1) is 0 Å². The summed E-state index contributed by atoms with van der Waals surface area (Å²) in [6.07, 6.45) is 2.22. The number of halogens is 1. The van der Waals surface area contributed by atoms with Crippen molar-refractivity contribution in [1.29, 1.82) is 0 Å². The fourth-order valence-corrected chi connectivity index (χ4v) is 2.48. The Bertz CT molecular complexity index is 669. The average molecular weight is 416 g/mol. The van der Waals surface area contributed by atoms with Gasteiger partial charge < -0.3 is 20.7 Å². The van der Waals surface area contributed by atoms with Gasteiger partial charge in [-0.3, -0.25) is 14.4 Å². The van der Waals surface area contributed by atoms with Crippen LogP contribution >= 0.6 is 23.4 Å². The van der Waals surface area contributed by atoms with Crippen LogP contribution in [0.4, 0.5) is 0 Å². The van der Waals surface area contributed by atoms with Gasteiger partial charge in [0.25, 0.3) is 11.8 Å². The minimum atomic E-state index is -0.896. The van der Waals surface area contributed by atoms with Crippen molar-refractivity contribution >= 4 is 47.1 Å². The van der Waals surface area contributed by atoms with Crippen molar-refractivity contribution in [3.05, 3.63) is 34.9 Å². The van der Waals surface area contributed by atoms with Crippen molar-refractivity contribution in [2.24, 2.45) is 0 Å². The maximum absolute atomic E-state index is 12.3. The molecule has 0 aliphatic heterocycles. The van der Waals surface area contributed by atoms with Crippen LogP contribution in [0, 0.1) is 0 Å². The molecular formula is C17H22ClN3O5S. The van der Waals surface area contributed by atoms with Crippen molar-refractivity contribution in [3.63, 3.8) is 0 Å². The van der Waals surface area contributed by atoms with E-state index in [9.17, 15) is 19.2 Å². The number of carbonyl (C=O) groups is 4. The Morgan fingerprint density at radius 1 is 1.15 bits per heavy atom. The second kappa shape index (κ2) is 12.2. The summed E-state index contributed by atoms with van der Waals surface area (Å²) >= 11 is 7.31. The lowest BCUT2D eigenvalue weighted by Crippen LogP contribution is -2.44. The smallest absolute Gasteiger partial charge is 0.329 e. The van der Waals surface area contributed by atoms with Crippen LogP contribution in [0.2, 0.25) is 5.02 Å². The van der Waals surface area contributed by atoms with Crippen LogP contribution in [0.15, 0.2) is 24.3 Å². The summed E-state index contributed by atoms with van der Waals surface area (Å²) in [7, 11) is 1.44. The van der Waals surface area contributed by atoms with E-state index in [0.29, 0.717) is 22.8 Å². The summed E-state index contributed by atoms with van der Waals surface area (Å²) in [4.78, 5) is 47.2. The third kappa shape index (κ3) is 8.78. The van der Waals surface area contributed by atoms with Gasteiger partial charge in [0.1, 0.15) is 6.04 Å². The molecule has 0 unspecified atom stereocenters. The molecule has 0 saturated carbocycles. The first-order valence-electron chi connectivity index (χ1n) is 8.06. The fraction of sp³-hybridized carbons (Fsp3) is 0.412. The molecule has 0 saturated heterocycles. The van der Waals surface area contributed by atoms with Crippen LogP contribution in [0.5, 0.6) is 0 Å². The van der Waals surface area contributed by atoms with E-state index in [0.717, 1.165) is 0 Å².